The van der Waals surface area contributed by atoms with Gasteiger partial charge in [0.05, 0.1) is 0 Å². The van der Waals surface area contributed by atoms with E-state index < -0.39 is 0 Å². The zero-order valence-electron chi connectivity index (χ0n) is 10.9. The molecule has 0 atom stereocenters. The smallest absolute Gasteiger partial charge is 0.130 e. The Morgan fingerprint density at radius 3 is 2.07 bits per heavy atom. The van der Waals surface area contributed by atoms with Crippen LogP contribution in [0.2, 0.25) is 0 Å². The van der Waals surface area contributed by atoms with Gasteiger partial charge in [-0.05, 0) is 59.0 Å². The van der Waals surface area contributed by atoms with Gasteiger partial charge in [-0.15, -0.1) is 0 Å². The van der Waals surface area contributed by atoms with Crippen molar-refractivity contribution in [2.24, 2.45) is 5.41 Å². The van der Waals surface area contributed by atoms with Crippen LogP contribution in [0.1, 0.15) is 53.9 Å². The van der Waals surface area contributed by atoms with Crippen molar-refractivity contribution >= 4 is 5.78 Å². The van der Waals surface area contributed by atoms with Crippen molar-refractivity contribution in [3.63, 3.8) is 0 Å². The number of likely N-dealkylation sites (tertiary alicyclic amines) is 1. The molecule has 1 heterocycles. The van der Waals surface area contributed by atoms with Gasteiger partial charge in [0.15, 0.2) is 0 Å². The maximum absolute atomic E-state index is 11.2. The van der Waals surface area contributed by atoms with Crippen LogP contribution in [0, 0.1) is 5.41 Å². The van der Waals surface area contributed by atoms with Crippen LogP contribution in [0.5, 0.6) is 0 Å². The second-order valence-electron chi connectivity index (χ2n) is 6.35. The van der Waals surface area contributed by atoms with E-state index in [1.807, 2.05) is 0 Å². The molecule has 15 heavy (non-hydrogen) atoms. The lowest BCUT2D eigenvalue weighted by atomic mass is 9.76. The van der Waals surface area contributed by atoms with E-state index in [0.717, 1.165) is 32.4 Å². The second kappa shape index (κ2) is 4.25. The van der Waals surface area contributed by atoms with Crippen LogP contribution in [-0.4, -0.2) is 29.3 Å². The minimum atomic E-state index is 0.258. The molecule has 1 rings (SSSR count). The summed E-state index contributed by atoms with van der Waals surface area (Å²) in [6.45, 7) is 13.0. The first-order valence-electron chi connectivity index (χ1n) is 5.97. The molecule has 0 aromatic rings. The molecule has 0 saturated carbocycles. The number of ketones is 1. The van der Waals surface area contributed by atoms with Crippen LogP contribution in [0.4, 0.5) is 0 Å². The molecule has 0 radical (unpaired) electrons. The topological polar surface area (TPSA) is 20.3 Å². The molecule has 0 N–H and O–H groups in total. The summed E-state index contributed by atoms with van der Waals surface area (Å²) in [4.78, 5) is 13.7. The van der Waals surface area contributed by atoms with E-state index in [0.29, 0.717) is 5.78 Å². The minimum Gasteiger partial charge on any atom is -0.300 e. The summed E-state index contributed by atoms with van der Waals surface area (Å²) >= 11 is 0. The summed E-state index contributed by atoms with van der Waals surface area (Å²) in [5.74, 6) is 0.335. The molecule has 1 aliphatic heterocycles. The summed E-state index contributed by atoms with van der Waals surface area (Å²) in [6.07, 6.45) is 3.07. The first kappa shape index (κ1) is 12.7. The fourth-order valence-electron chi connectivity index (χ4n) is 2.50. The zero-order valence-corrected chi connectivity index (χ0v) is 10.9. The number of piperidine rings is 1. The minimum absolute atomic E-state index is 0.258. The third-order valence-corrected chi connectivity index (χ3v) is 3.59. The molecule has 0 unspecified atom stereocenters. The van der Waals surface area contributed by atoms with Crippen molar-refractivity contribution in [2.75, 3.05) is 13.1 Å². The molecular formula is C13H25NO. The van der Waals surface area contributed by atoms with Gasteiger partial charge in [0.2, 0.25) is 0 Å². The molecule has 88 valence electrons. The second-order valence-corrected chi connectivity index (χ2v) is 6.35. The van der Waals surface area contributed by atoms with Gasteiger partial charge in [-0.25, -0.2) is 0 Å². The molecule has 0 amide bonds. The van der Waals surface area contributed by atoms with Crippen LogP contribution in [0.25, 0.3) is 0 Å². The van der Waals surface area contributed by atoms with Crippen molar-refractivity contribution < 1.29 is 4.79 Å². The fourth-order valence-corrected chi connectivity index (χ4v) is 2.50. The number of hydrogen-bond donors (Lipinski definition) is 0. The van der Waals surface area contributed by atoms with Gasteiger partial charge in [0.25, 0.3) is 0 Å². The molecule has 1 saturated heterocycles. The van der Waals surface area contributed by atoms with Gasteiger partial charge in [-0.2, -0.15) is 0 Å². The average Bonchev–Trinajstić information content (AvgIpc) is 2.00. The molecule has 1 fully saturated rings. The third kappa shape index (κ3) is 3.60. The fraction of sp³-hybridized carbons (Fsp3) is 0.923. The highest BCUT2D eigenvalue weighted by molar-refractivity contribution is 5.76. The lowest BCUT2D eigenvalue weighted by Gasteiger charge is -2.45. The summed E-state index contributed by atoms with van der Waals surface area (Å²) in [7, 11) is 0. The van der Waals surface area contributed by atoms with Crippen LogP contribution in [-0.2, 0) is 4.79 Å². The molecule has 0 aliphatic carbocycles. The van der Waals surface area contributed by atoms with Crippen molar-refractivity contribution in [3.05, 3.63) is 0 Å². The average molecular weight is 211 g/mol. The van der Waals surface area contributed by atoms with Crippen LogP contribution >= 0.6 is 0 Å². The largest absolute Gasteiger partial charge is 0.300 e. The predicted molar refractivity (Wildman–Crippen MR) is 64.0 cm³/mol. The monoisotopic (exact) mass is 211 g/mol. The van der Waals surface area contributed by atoms with Crippen molar-refractivity contribution in [2.45, 2.75) is 59.4 Å². The Kier molecular flexibility index (Phi) is 3.59. The molecule has 2 nitrogen and oxygen atoms in total. The Labute approximate surface area is 94.0 Å². The van der Waals surface area contributed by atoms with E-state index in [1.165, 1.54) is 0 Å². The third-order valence-electron chi connectivity index (χ3n) is 3.59. The number of carbonyl (C=O) groups is 1. The highest BCUT2D eigenvalue weighted by Crippen LogP contribution is 2.36. The Hall–Kier alpha value is -0.370. The molecule has 0 aromatic carbocycles. The molecule has 2 heteroatoms. The number of hydrogen-bond acceptors (Lipinski definition) is 2. The maximum Gasteiger partial charge on any atom is 0.130 e. The predicted octanol–water partition coefficient (Wildman–Crippen LogP) is 2.87. The molecular weight excluding hydrogens is 186 g/mol. The van der Waals surface area contributed by atoms with E-state index >= 15 is 0 Å². The van der Waals surface area contributed by atoms with Crippen molar-refractivity contribution in [3.8, 4) is 0 Å². The summed E-state index contributed by atoms with van der Waals surface area (Å²) in [6, 6.07) is 0. The van der Waals surface area contributed by atoms with Crippen LogP contribution in [0.3, 0.4) is 0 Å². The maximum atomic E-state index is 11.2. The van der Waals surface area contributed by atoms with Gasteiger partial charge < -0.3 is 4.79 Å². The van der Waals surface area contributed by atoms with E-state index in [9.17, 15) is 4.79 Å². The lowest BCUT2D eigenvalue weighted by Crippen LogP contribution is -2.48. The number of rotatable bonds is 2. The zero-order chi connectivity index (χ0) is 11.7. The quantitative estimate of drug-likeness (QED) is 0.700. The van der Waals surface area contributed by atoms with Crippen molar-refractivity contribution in [1.82, 2.24) is 4.90 Å². The van der Waals surface area contributed by atoms with Crippen LogP contribution < -0.4 is 0 Å². The van der Waals surface area contributed by atoms with Crippen molar-refractivity contribution in [1.29, 1.82) is 0 Å². The van der Waals surface area contributed by atoms with Gasteiger partial charge in [-0.3, -0.25) is 4.90 Å². The Bertz CT molecular complexity index is 231. The van der Waals surface area contributed by atoms with Gasteiger partial charge >= 0.3 is 0 Å². The summed E-state index contributed by atoms with van der Waals surface area (Å²) in [5.41, 5.74) is 0.533. The summed E-state index contributed by atoms with van der Waals surface area (Å²) in [5, 5.41) is 0. The van der Waals surface area contributed by atoms with E-state index in [-0.39, 0.29) is 11.0 Å². The highest BCUT2D eigenvalue weighted by Gasteiger charge is 2.34. The number of carbonyl (C=O) groups excluding carboxylic acids is 1. The van der Waals surface area contributed by atoms with Gasteiger partial charge in [-0.1, -0.05) is 6.92 Å². The SMILES string of the molecule is CC(=O)CC1(C)CCN(C(C)(C)C)CC1. The first-order valence-corrected chi connectivity index (χ1v) is 5.97. The molecule has 0 aromatic heterocycles. The standard InChI is InChI=1S/C13H25NO/c1-11(15)10-13(5)6-8-14(9-7-13)12(2,3)4/h6-10H2,1-5H3. The first-order chi connectivity index (χ1) is 6.73. The van der Waals surface area contributed by atoms with Gasteiger partial charge in [0, 0.05) is 12.0 Å². The van der Waals surface area contributed by atoms with E-state index in [1.54, 1.807) is 6.92 Å². The highest BCUT2D eigenvalue weighted by atomic mass is 16.1. The summed E-state index contributed by atoms with van der Waals surface area (Å²) < 4.78 is 0. The molecule has 0 bridgehead atoms. The Balaban J connectivity index is 2.51. The van der Waals surface area contributed by atoms with E-state index in [2.05, 4.69) is 32.6 Å². The van der Waals surface area contributed by atoms with Gasteiger partial charge in [0.1, 0.15) is 5.78 Å². The van der Waals surface area contributed by atoms with E-state index in [4.69, 9.17) is 0 Å². The molecule has 1 aliphatic rings. The Morgan fingerprint density at radius 2 is 1.73 bits per heavy atom. The number of nitrogens with zero attached hydrogens (tertiary/aromatic N) is 1. The van der Waals surface area contributed by atoms with Crippen LogP contribution in [0.15, 0.2) is 0 Å². The molecule has 0 spiro atoms. The Morgan fingerprint density at radius 1 is 1.27 bits per heavy atom. The lowest BCUT2D eigenvalue weighted by molar-refractivity contribution is -0.120. The normalized spacial score (nSPS) is 22.7. The number of Topliss-reactive ketones (excluding diaryl/α,β-unsaturated/α-hetero) is 1.